The molecule has 9 nitrogen and oxygen atoms in total. The van der Waals surface area contributed by atoms with Crippen molar-refractivity contribution in [2.45, 2.75) is 12.4 Å². The van der Waals surface area contributed by atoms with Crippen molar-refractivity contribution in [2.24, 2.45) is 0 Å². The van der Waals surface area contributed by atoms with Crippen molar-refractivity contribution in [2.75, 3.05) is 18.4 Å². The SMILES string of the molecule is C=CC(=O)N1CC(Nc2cncc(-c3cnc(Oc4cccc(OC(F)(F)F)c4)nc3)n2)C1. The number of amides is 1. The predicted octanol–water partition coefficient (Wildman–Crippen LogP) is 3.43. The second-order valence-electron chi connectivity index (χ2n) is 6.96. The van der Waals surface area contributed by atoms with Gasteiger partial charge in [0.05, 0.1) is 24.1 Å². The number of nitrogens with zero attached hydrogens (tertiary/aromatic N) is 5. The average molecular weight is 458 g/mol. The number of anilines is 1. The molecule has 12 heteroatoms. The van der Waals surface area contributed by atoms with Crippen LogP contribution in [0.2, 0.25) is 0 Å². The van der Waals surface area contributed by atoms with Crippen molar-refractivity contribution in [3.63, 3.8) is 0 Å². The number of rotatable bonds is 7. The molecule has 170 valence electrons. The van der Waals surface area contributed by atoms with Crippen LogP contribution in [-0.4, -0.2) is 56.2 Å². The first kappa shape index (κ1) is 22.0. The highest BCUT2D eigenvalue weighted by molar-refractivity contribution is 5.87. The van der Waals surface area contributed by atoms with Crippen LogP contribution in [0.3, 0.4) is 0 Å². The van der Waals surface area contributed by atoms with E-state index in [9.17, 15) is 18.0 Å². The maximum absolute atomic E-state index is 12.4. The van der Waals surface area contributed by atoms with Gasteiger partial charge in [-0.1, -0.05) is 12.6 Å². The van der Waals surface area contributed by atoms with Crippen molar-refractivity contribution in [3.05, 3.63) is 61.7 Å². The Morgan fingerprint density at radius 2 is 1.88 bits per heavy atom. The lowest BCUT2D eigenvalue weighted by molar-refractivity contribution is -0.274. The molecule has 3 aromatic rings. The van der Waals surface area contributed by atoms with Crippen LogP contribution in [0.5, 0.6) is 17.5 Å². The van der Waals surface area contributed by atoms with Gasteiger partial charge in [-0.25, -0.2) is 15.0 Å². The lowest BCUT2D eigenvalue weighted by Crippen LogP contribution is -2.56. The first-order valence-corrected chi connectivity index (χ1v) is 9.65. The van der Waals surface area contributed by atoms with E-state index in [2.05, 4.69) is 36.6 Å². The molecule has 4 rings (SSSR count). The third-order valence-electron chi connectivity index (χ3n) is 4.53. The van der Waals surface area contributed by atoms with Crippen LogP contribution < -0.4 is 14.8 Å². The number of benzene rings is 1. The van der Waals surface area contributed by atoms with Gasteiger partial charge < -0.3 is 19.7 Å². The number of ether oxygens (including phenoxy) is 2. The molecule has 1 aromatic carbocycles. The van der Waals surface area contributed by atoms with Gasteiger partial charge in [0.2, 0.25) is 5.91 Å². The van der Waals surface area contributed by atoms with Gasteiger partial charge in [-0.2, -0.15) is 0 Å². The highest BCUT2D eigenvalue weighted by Crippen LogP contribution is 2.28. The minimum Gasteiger partial charge on any atom is -0.424 e. The van der Waals surface area contributed by atoms with Crippen molar-refractivity contribution < 1.29 is 27.4 Å². The molecule has 0 unspecified atom stereocenters. The molecule has 0 aliphatic carbocycles. The summed E-state index contributed by atoms with van der Waals surface area (Å²) >= 11 is 0. The van der Waals surface area contributed by atoms with Gasteiger partial charge in [0.15, 0.2) is 0 Å². The molecule has 33 heavy (non-hydrogen) atoms. The van der Waals surface area contributed by atoms with Crippen LogP contribution >= 0.6 is 0 Å². The second kappa shape index (κ2) is 9.10. The van der Waals surface area contributed by atoms with E-state index >= 15 is 0 Å². The maximum Gasteiger partial charge on any atom is 0.573 e. The minimum absolute atomic E-state index is 0.0579. The summed E-state index contributed by atoms with van der Waals surface area (Å²) < 4.78 is 46.4. The highest BCUT2D eigenvalue weighted by atomic mass is 19.4. The van der Waals surface area contributed by atoms with Gasteiger partial charge in [0.1, 0.15) is 17.3 Å². The van der Waals surface area contributed by atoms with Gasteiger partial charge in [-0.05, 0) is 18.2 Å². The first-order valence-electron chi connectivity index (χ1n) is 9.65. The monoisotopic (exact) mass is 458 g/mol. The number of alkyl halides is 3. The third-order valence-corrected chi connectivity index (χ3v) is 4.53. The normalized spacial score (nSPS) is 13.7. The van der Waals surface area contributed by atoms with Crippen molar-refractivity contribution in [1.82, 2.24) is 24.8 Å². The molecule has 0 atom stereocenters. The lowest BCUT2D eigenvalue weighted by Gasteiger charge is -2.39. The molecule has 3 heterocycles. The number of nitrogens with one attached hydrogen (secondary N) is 1. The van der Waals surface area contributed by atoms with Crippen molar-refractivity contribution in [3.8, 4) is 28.8 Å². The van der Waals surface area contributed by atoms with Gasteiger partial charge in [-0.15, -0.1) is 13.2 Å². The van der Waals surface area contributed by atoms with Crippen molar-refractivity contribution in [1.29, 1.82) is 0 Å². The molecule has 1 aliphatic rings. The van der Waals surface area contributed by atoms with Crippen LogP contribution in [-0.2, 0) is 4.79 Å². The van der Waals surface area contributed by atoms with Gasteiger partial charge in [0, 0.05) is 37.1 Å². The summed E-state index contributed by atoms with van der Waals surface area (Å²) in [4.78, 5) is 30.0. The summed E-state index contributed by atoms with van der Waals surface area (Å²) in [5.41, 5.74) is 1.06. The number of likely N-dealkylation sites (tertiary alicyclic amines) is 1. The first-order chi connectivity index (χ1) is 15.8. The number of carbonyl (C=O) groups is 1. The number of aromatic nitrogens is 4. The van der Waals surface area contributed by atoms with Crippen LogP contribution in [0.15, 0.2) is 61.7 Å². The molecule has 0 spiro atoms. The Hall–Kier alpha value is -4.22. The van der Waals surface area contributed by atoms with E-state index < -0.39 is 12.1 Å². The van der Waals surface area contributed by atoms with E-state index in [-0.39, 0.29) is 23.7 Å². The van der Waals surface area contributed by atoms with Crippen LogP contribution in [0, 0.1) is 0 Å². The Kier molecular flexibility index (Phi) is 6.07. The Labute approximate surface area is 185 Å². The fourth-order valence-corrected chi connectivity index (χ4v) is 3.00. The summed E-state index contributed by atoms with van der Waals surface area (Å²) in [6.07, 6.45) is 2.49. The van der Waals surface area contributed by atoms with Gasteiger partial charge in [-0.3, -0.25) is 9.78 Å². The van der Waals surface area contributed by atoms with Gasteiger partial charge >= 0.3 is 12.4 Å². The Morgan fingerprint density at radius 1 is 1.15 bits per heavy atom. The van der Waals surface area contributed by atoms with E-state index in [0.29, 0.717) is 30.2 Å². The zero-order valence-corrected chi connectivity index (χ0v) is 17.0. The molecule has 0 radical (unpaired) electrons. The van der Waals surface area contributed by atoms with Gasteiger partial charge in [0.25, 0.3) is 0 Å². The minimum atomic E-state index is -4.80. The number of carbonyl (C=O) groups excluding carboxylic acids is 1. The van der Waals surface area contributed by atoms with E-state index in [1.165, 1.54) is 36.8 Å². The second-order valence-corrected chi connectivity index (χ2v) is 6.96. The standard InChI is InChI=1S/C21H17F3N6O3/c1-2-19(31)30-11-14(12-30)28-18-10-25-9-17(29-18)13-7-26-20(27-8-13)32-15-4-3-5-16(6-15)33-21(22,23)24/h2-10,14H,1,11-12H2,(H,28,29). The molecule has 1 N–H and O–H groups in total. The van der Waals surface area contributed by atoms with E-state index in [4.69, 9.17) is 4.74 Å². The number of hydrogen-bond donors (Lipinski definition) is 1. The number of hydrogen-bond acceptors (Lipinski definition) is 8. The zero-order chi connectivity index (χ0) is 23.4. The fraction of sp³-hybridized carbons (Fsp3) is 0.190. The molecular formula is C21H17F3N6O3. The van der Waals surface area contributed by atoms with Crippen LogP contribution in [0.1, 0.15) is 0 Å². The molecule has 0 saturated carbocycles. The Balaban J connectivity index is 1.39. The molecule has 1 aliphatic heterocycles. The van der Waals surface area contributed by atoms with E-state index in [1.54, 1.807) is 11.1 Å². The van der Waals surface area contributed by atoms with E-state index in [0.717, 1.165) is 12.1 Å². The highest BCUT2D eigenvalue weighted by Gasteiger charge is 2.31. The lowest BCUT2D eigenvalue weighted by atomic mass is 10.1. The molecule has 2 aromatic heterocycles. The third kappa shape index (κ3) is 5.73. The number of halogens is 3. The summed E-state index contributed by atoms with van der Waals surface area (Å²) in [6.45, 7) is 4.55. The summed E-state index contributed by atoms with van der Waals surface area (Å²) in [6, 6.07) is 5.03. The average Bonchev–Trinajstić information content (AvgIpc) is 2.75. The quantitative estimate of drug-likeness (QED) is 0.538. The molecule has 1 fully saturated rings. The summed E-state index contributed by atoms with van der Waals surface area (Å²) in [5.74, 6) is 0.0802. The van der Waals surface area contributed by atoms with Crippen LogP contribution in [0.25, 0.3) is 11.3 Å². The molecule has 1 saturated heterocycles. The predicted molar refractivity (Wildman–Crippen MR) is 110 cm³/mol. The topological polar surface area (TPSA) is 102 Å². The Morgan fingerprint density at radius 3 is 2.58 bits per heavy atom. The van der Waals surface area contributed by atoms with Crippen molar-refractivity contribution >= 4 is 11.7 Å². The smallest absolute Gasteiger partial charge is 0.424 e. The summed E-state index contributed by atoms with van der Waals surface area (Å²) in [7, 11) is 0. The molecule has 0 bridgehead atoms. The van der Waals surface area contributed by atoms with Crippen LogP contribution in [0.4, 0.5) is 19.0 Å². The molecule has 1 amide bonds. The van der Waals surface area contributed by atoms with E-state index in [1.807, 2.05) is 0 Å². The summed E-state index contributed by atoms with van der Waals surface area (Å²) in [5, 5.41) is 3.20. The molecular weight excluding hydrogens is 441 g/mol. The fourth-order valence-electron chi connectivity index (χ4n) is 3.00. The largest absolute Gasteiger partial charge is 0.573 e. The Bertz CT molecular complexity index is 1150. The maximum atomic E-state index is 12.4. The zero-order valence-electron chi connectivity index (χ0n) is 17.0.